The standard InChI is InChI=1S/C14H17BrN2O3S/c1-4-17-13(14(15)10(2)16-17)9-20-11-6-5-7-12(8-11)21(3,18)19/h5-8H,4,9H2,1-3H3. The molecule has 114 valence electrons. The molecule has 0 aliphatic rings. The highest BCUT2D eigenvalue weighted by Gasteiger charge is 2.13. The number of sulfone groups is 1. The second kappa shape index (κ2) is 6.19. The SMILES string of the molecule is CCn1nc(C)c(Br)c1COc1cccc(S(C)(=O)=O)c1. The molecule has 0 bridgehead atoms. The Labute approximate surface area is 133 Å². The zero-order valence-corrected chi connectivity index (χ0v) is 14.5. The number of aromatic nitrogens is 2. The molecular formula is C14H17BrN2O3S. The first-order valence-corrected chi connectivity index (χ1v) is 9.16. The maximum absolute atomic E-state index is 11.5. The third-order valence-electron chi connectivity index (χ3n) is 3.06. The maximum atomic E-state index is 11.5. The molecule has 1 aromatic heterocycles. The van der Waals surface area contributed by atoms with Gasteiger partial charge in [0.15, 0.2) is 9.84 Å². The van der Waals surface area contributed by atoms with Gasteiger partial charge in [0.05, 0.1) is 20.8 Å². The summed E-state index contributed by atoms with van der Waals surface area (Å²) in [6.07, 6.45) is 1.18. The van der Waals surface area contributed by atoms with Crippen LogP contribution in [0.3, 0.4) is 0 Å². The van der Waals surface area contributed by atoms with Gasteiger partial charge in [0.2, 0.25) is 0 Å². The lowest BCUT2D eigenvalue weighted by Gasteiger charge is -2.09. The topological polar surface area (TPSA) is 61.2 Å². The quantitative estimate of drug-likeness (QED) is 0.809. The van der Waals surface area contributed by atoms with Crippen molar-refractivity contribution in [2.24, 2.45) is 0 Å². The lowest BCUT2D eigenvalue weighted by molar-refractivity contribution is 0.291. The normalized spacial score (nSPS) is 11.6. The van der Waals surface area contributed by atoms with Crippen LogP contribution in [-0.4, -0.2) is 24.5 Å². The number of nitrogens with zero attached hydrogens (tertiary/aromatic N) is 2. The summed E-state index contributed by atoms with van der Waals surface area (Å²) < 4.78 is 31.6. The number of hydrogen-bond donors (Lipinski definition) is 0. The van der Waals surface area contributed by atoms with Crippen LogP contribution in [-0.2, 0) is 23.0 Å². The highest BCUT2D eigenvalue weighted by molar-refractivity contribution is 9.10. The number of aryl methyl sites for hydroxylation is 2. The van der Waals surface area contributed by atoms with E-state index in [0.29, 0.717) is 12.4 Å². The zero-order valence-electron chi connectivity index (χ0n) is 12.1. The van der Waals surface area contributed by atoms with Crippen LogP contribution >= 0.6 is 15.9 Å². The van der Waals surface area contributed by atoms with Crippen molar-refractivity contribution in [2.75, 3.05) is 6.26 Å². The van der Waals surface area contributed by atoms with E-state index in [9.17, 15) is 8.42 Å². The molecule has 0 fully saturated rings. The van der Waals surface area contributed by atoms with Gasteiger partial charge in [-0.1, -0.05) is 6.07 Å². The predicted octanol–water partition coefficient (Wildman–Crippen LogP) is 2.96. The minimum Gasteiger partial charge on any atom is -0.487 e. The van der Waals surface area contributed by atoms with E-state index in [1.165, 1.54) is 12.3 Å². The average molecular weight is 373 g/mol. The van der Waals surface area contributed by atoms with E-state index in [4.69, 9.17) is 4.74 Å². The predicted molar refractivity (Wildman–Crippen MR) is 84.2 cm³/mol. The Kier molecular flexibility index (Phi) is 4.73. The molecule has 1 heterocycles. The van der Waals surface area contributed by atoms with E-state index in [-0.39, 0.29) is 4.90 Å². The van der Waals surface area contributed by atoms with Crippen molar-refractivity contribution >= 4 is 25.8 Å². The molecular weight excluding hydrogens is 356 g/mol. The highest BCUT2D eigenvalue weighted by atomic mass is 79.9. The summed E-state index contributed by atoms with van der Waals surface area (Å²) in [6.45, 7) is 4.99. The van der Waals surface area contributed by atoms with Gasteiger partial charge in [0, 0.05) is 12.8 Å². The van der Waals surface area contributed by atoms with Gasteiger partial charge in [-0.2, -0.15) is 5.10 Å². The average Bonchev–Trinajstić information content (AvgIpc) is 2.71. The number of halogens is 1. The lowest BCUT2D eigenvalue weighted by Crippen LogP contribution is -2.07. The Balaban J connectivity index is 2.21. The lowest BCUT2D eigenvalue weighted by atomic mass is 10.3. The van der Waals surface area contributed by atoms with Crippen LogP contribution in [0.2, 0.25) is 0 Å². The molecule has 0 atom stereocenters. The van der Waals surface area contributed by atoms with Crippen LogP contribution in [0.5, 0.6) is 5.75 Å². The first kappa shape index (κ1) is 16.0. The molecule has 2 rings (SSSR count). The number of rotatable bonds is 5. The second-order valence-electron chi connectivity index (χ2n) is 4.70. The molecule has 5 nitrogen and oxygen atoms in total. The van der Waals surface area contributed by atoms with E-state index in [2.05, 4.69) is 21.0 Å². The van der Waals surface area contributed by atoms with E-state index >= 15 is 0 Å². The van der Waals surface area contributed by atoms with Crippen molar-refractivity contribution in [3.05, 3.63) is 40.1 Å². The van der Waals surface area contributed by atoms with Crippen LogP contribution < -0.4 is 4.74 Å². The number of ether oxygens (including phenoxy) is 1. The molecule has 7 heteroatoms. The Bertz CT molecular complexity index is 754. The van der Waals surface area contributed by atoms with E-state index < -0.39 is 9.84 Å². The van der Waals surface area contributed by atoms with Crippen molar-refractivity contribution in [3.8, 4) is 5.75 Å². The fourth-order valence-electron chi connectivity index (χ4n) is 1.95. The van der Waals surface area contributed by atoms with Crippen LogP contribution in [0.1, 0.15) is 18.3 Å². The summed E-state index contributed by atoms with van der Waals surface area (Å²) >= 11 is 3.50. The van der Waals surface area contributed by atoms with Crippen LogP contribution in [0.25, 0.3) is 0 Å². The largest absolute Gasteiger partial charge is 0.487 e. The molecule has 0 aliphatic heterocycles. The molecule has 0 unspecified atom stereocenters. The molecule has 2 aromatic rings. The highest BCUT2D eigenvalue weighted by Crippen LogP contribution is 2.24. The van der Waals surface area contributed by atoms with Crippen LogP contribution in [0, 0.1) is 6.92 Å². The number of hydrogen-bond acceptors (Lipinski definition) is 4. The molecule has 0 N–H and O–H groups in total. The monoisotopic (exact) mass is 372 g/mol. The van der Waals surface area contributed by atoms with Gasteiger partial charge in [0.1, 0.15) is 12.4 Å². The van der Waals surface area contributed by atoms with Crippen molar-refractivity contribution in [1.29, 1.82) is 0 Å². The smallest absolute Gasteiger partial charge is 0.175 e. The number of benzene rings is 1. The Morgan fingerprint density at radius 1 is 1.38 bits per heavy atom. The van der Waals surface area contributed by atoms with Crippen molar-refractivity contribution < 1.29 is 13.2 Å². The van der Waals surface area contributed by atoms with Gasteiger partial charge < -0.3 is 4.74 Å². The van der Waals surface area contributed by atoms with Crippen molar-refractivity contribution in [2.45, 2.75) is 31.9 Å². The Morgan fingerprint density at radius 3 is 2.71 bits per heavy atom. The maximum Gasteiger partial charge on any atom is 0.175 e. The molecule has 1 aromatic carbocycles. The van der Waals surface area contributed by atoms with Gasteiger partial charge in [-0.05, 0) is 48.0 Å². The van der Waals surface area contributed by atoms with Gasteiger partial charge >= 0.3 is 0 Å². The van der Waals surface area contributed by atoms with Gasteiger partial charge in [-0.25, -0.2) is 8.42 Å². The van der Waals surface area contributed by atoms with Crippen molar-refractivity contribution in [1.82, 2.24) is 9.78 Å². The van der Waals surface area contributed by atoms with Crippen LogP contribution in [0.4, 0.5) is 0 Å². The van der Waals surface area contributed by atoms with Crippen molar-refractivity contribution in [3.63, 3.8) is 0 Å². The molecule has 0 spiro atoms. The first-order chi connectivity index (χ1) is 9.82. The first-order valence-electron chi connectivity index (χ1n) is 6.47. The van der Waals surface area contributed by atoms with Gasteiger partial charge in [-0.15, -0.1) is 0 Å². The van der Waals surface area contributed by atoms with E-state index in [0.717, 1.165) is 22.4 Å². The third kappa shape index (κ3) is 3.65. The fraction of sp³-hybridized carbons (Fsp3) is 0.357. The fourth-order valence-corrected chi connectivity index (χ4v) is 3.01. The molecule has 21 heavy (non-hydrogen) atoms. The van der Waals surface area contributed by atoms with Gasteiger partial charge in [-0.3, -0.25) is 4.68 Å². The van der Waals surface area contributed by atoms with Gasteiger partial charge in [0.25, 0.3) is 0 Å². The second-order valence-corrected chi connectivity index (χ2v) is 7.51. The van der Waals surface area contributed by atoms with Crippen LogP contribution in [0.15, 0.2) is 33.6 Å². The molecule has 0 amide bonds. The minimum absolute atomic E-state index is 0.249. The molecule has 0 saturated heterocycles. The minimum atomic E-state index is -3.23. The molecule has 0 saturated carbocycles. The third-order valence-corrected chi connectivity index (χ3v) is 5.20. The summed E-state index contributed by atoms with van der Waals surface area (Å²) in [5.74, 6) is 0.520. The summed E-state index contributed by atoms with van der Waals surface area (Å²) in [5, 5.41) is 4.39. The Morgan fingerprint density at radius 2 is 2.10 bits per heavy atom. The summed E-state index contributed by atoms with van der Waals surface area (Å²) in [4.78, 5) is 0.249. The van der Waals surface area contributed by atoms with E-state index in [1.807, 2.05) is 18.5 Å². The van der Waals surface area contributed by atoms with E-state index in [1.54, 1.807) is 18.2 Å². The molecule has 0 radical (unpaired) electrons. The molecule has 0 aliphatic carbocycles. The summed E-state index contributed by atoms with van der Waals surface area (Å²) in [6, 6.07) is 6.49. The zero-order chi connectivity index (χ0) is 15.6. The summed E-state index contributed by atoms with van der Waals surface area (Å²) in [7, 11) is -3.23. The summed E-state index contributed by atoms with van der Waals surface area (Å²) in [5.41, 5.74) is 1.83. The Hall–Kier alpha value is -1.34.